The lowest BCUT2D eigenvalue weighted by molar-refractivity contribution is -0.0978. The molecule has 1 saturated carbocycles. The second-order valence-electron chi connectivity index (χ2n) is 6.31. The molecular weight excluding hydrogens is 253 g/mol. The summed E-state index contributed by atoms with van der Waals surface area (Å²) < 4.78 is 19.2. The van der Waals surface area contributed by atoms with Gasteiger partial charge in [-0.15, -0.1) is 0 Å². The number of hydrogen-bond acceptors (Lipinski definition) is 2. The van der Waals surface area contributed by atoms with Crippen molar-refractivity contribution in [3.63, 3.8) is 0 Å². The number of hydrogen-bond donors (Lipinski definition) is 1. The minimum Gasteiger partial charge on any atom is -0.375 e. The van der Waals surface area contributed by atoms with Crippen molar-refractivity contribution in [1.29, 1.82) is 0 Å². The van der Waals surface area contributed by atoms with Crippen LogP contribution < -0.4 is 5.32 Å². The Kier molecular flexibility index (Phi) is 4.08. The first-order chi connectivity index (χ1) is 9.72. The molecule has 2 aliphatic rings. The van der Waals surface area contributed by atoms with Crippen LogP contribution in [0.15, 0.2) is 24.3 Å². The van der Waals surface area contributed by atoms with Gasteiger partial charge >= 0.3 is 0 Å². The SMILES string of the molecule is CNC(c1ccc(F)cc1)C1CCOC2(CCCC2)C1. The fraction of sp³-hybridized carbons (Fsp3) is 0.647. The molecule has 1 aliphatic heterocycles. The van der Waals surface area contributed by atoms with E-state index in [1.165, 1.54) is 31.2 Å². The summed E-state index contributed by atoms with van der Waals surface area (Å²) in [6, 6.07) is 7.24. The summed E-state index contributed by atoms with van der Waals surface area (Å²) in [5.74, 6) is 0.417. The lowest BCUT2D eigenvalue weighted by Gasteiger charge is -2.41. The van der Waals surface area contributed by atoms with Gasteiger partial charge in [-0.25, -0.2) is 4.39 Å². The van der Waals surface area contributed by atoms with E-state index in [1.807, 2.05) is 19.2 Å². The summed E-state index contributed by atoms with van der Waals surface area (Å²) >= 11 is 0. The predicted molar refractivity (Wildman–Crippen MR) is 78.1 cm³/mol. The first-order valence-corrected chi connectivity index (χ1v) is 7.79. The van der Waals surface area contributed by atoms with E-state index in [0.29, 0.717) is 12.0 Å². The molecule has 20 heavy (non-hydrogen) atoms. The van der Waals surface area contributed by atoms with Crippen LogP contribution in [0.1, 0.15) is 50.1 Å². The Labute approximate surface area is 120 Å². The van der Waals surface area contributed by atoms with Gasteiger partial charge in [0.15, 0.2) is 0 Å². The lowest BCUT2D eigenvalue weighted by Crippen LogP contribution is -2.41. The van der Waals surface area contributed by atoms with Gasteiger partial charge in [-0.2, -0.15) is 0 Å². The van der Waals surface area contributed by atoms with Crippen LogP contribution in [0.3, 0.4) is 0 Å². The van der Waals surface area contributed by atoms with Gasteiger partial charge in [0, 0.05) is 12.6 Å². The zero-order valence-corrected chi connectivity index (χ0v) is 12.2. The van der Waals surface area contributed by atoms with Crippen LogP contribution >= 0.6 is 0 Å². The Morgan fingerprint density at radius 1 is 1.25 bits per heavy atom. The van der Waals surface area contributed by atoms with Gasteiger partial charge in [-0.1, -0.05) is 25.0 Å². The largest absolute Gasteiger partial charge is 0.375 e. The van der Waals surface area contributed by atoms with Gasteiger partial charge in [0.1, 0.15) is 5.82 Å². The van der Waals surface area contributed by atoms with Crippen molar-refractivity contribution in [1.82, 2.24) is 5.32 Å². The Balaban J connectivity index is 1.76. The van der Waals surface area contributed by atoms with Crippen molar-refractivity contribution in [2.45, 2.75) is 50.2 Å². The van der Waals surface area contributed by atoms with E-state index in [2.05, 4.69) is 5.32 Å². The third-order valence-electron chi connectivity index (χ3n) is 5.06. The van der Waals surface area contributed by atoms with Crippen molar-refractivity contribution < 1.29 is 9.13 Å². The molecule has 1 spiro atoms. The topological polar surface area (TPSA) is 21.3 Å². The highest BCUT2D eigenvalue weighted by Gasteiger charge is 2.41. The minimum atomic E-state index is -0.164. The maximum Gasteiger partial charge on any atom is 0.123 e. The summed E-state index contributed by atoms with van der Waals surface area (Å²) in [5, 5.41) is 3.44. The van der Waals surface area contributed by atoms with E-state index in [1.54, 1.807) is 12.1 Å². The van der Waals surface area contributed by atoms with E-state index < -0.39 is 0 Å². The van der Waals surface area contributed by atoms with Crippen LogP contribution in [0.2, 0.25) is 0 Å². The summed E-state index contributed by atoms with van der Waals surface area (Å²) in [6.45, 7) is 0.865. The van der Waals surface area contributed by atoms with Crippen LogP contribution in [0.5, 0.6) is 0 Å². The minimum absolute atomic E-state index is 0.137. The van der Waals surface area contributed by atoms with Crippen molar-refractivity contribution in [2.75, 3.05) is 13.7 Å². The quantitative estimate of drug-likeness (QED) is 0.906. The monoisotopic (exact) mass is 277 g/mol. The molecule has 3 heteroatoms. The maximum absolute atomic E-state index is 13.1. The van der Waals surface area contributed by atoms with Crippen LogP contribution in [-0.4, -0.2) is 19.3 Å². The van der Waals surface area contributed by atoms with Crippen LogP contribution in [0, 0.1) is 11.7 Å². The summed E-state index contributed by atoms with van der Waals surface area (Å²) in [7, 11) is 2.00. The summed E-state index contributed by atoms with van der Waals surface area (Å²) in [5.41, 5.74) is 1.33. The molecular formula is C17H24FNO. The zero-order chi connectivity index (χ0) is 14.0. The smallest absolute Gasteiger partial charge is 0.123 e. The van der Waals surface area contributed by atoms with Crippen LogP contribution in [-0.2, 0) is 4.74 Å². The van der Waals surface area contributed by atoms with Gasteiger partial charge < -0.3 is 10.1 Å². The van der Waals surface area contributed by atoms with Crippen molar-refractivity contribution in [3.05, 3.63) is 35.6 Å². The van der Waals surface area contributed by atoms with Crippen molar-refractivity contribution in [2.24, 2.45) is 5.92 Å². The third-order valence-corrected chi connectivity index (χ3v) is 5.06. The Morgan fingerprint density at radius 2 is 1.95 bits per heavy atom. The molecule has 1 heterocycles. The second kappa shape index (κ2) is 5.82. The fourth-order valence-electron chi connectivity index (χ4n) is 4.06. The molecule has 1 aliphatic carbocycles. The maximum atomic E-state index is 13.1. The molecule has 3 rings (SSSR count). The molecule has 2 nitrogen and oxygen atoms in total. The Morgan fingerprint density at radius 3 is 2.60 bits per heavy atom. The first kappa shape index (κ1) is 14.0. The number of nitrogens with one attached hydrogen (secondary N) is 1. The highest BCUT2D eigenvalue weighted by Crippen LogP contribution is 2.45. The number of halogens is 1. The highest BCUT2D eigenvalue weighted by atomic mass is 19.1. The Hall–Kier alpha value is -0.930. The third kappa shape index (κ3) is 2.75. The average molecular weight is 277 g/mol. The van der Waals surface area contributed by atoms with Gasteiger partial charge in [0.05, 0.1) is 5.60 Å². The fourth-order valence-corrected chi connectivity index (χ4v) is 4.06. The number of benzene rings is 1. The predicted octanol–water partition coefficient (Wildman–Crippen LogP) is 3.83. The van der Waals surface area contributed by atoms with Crippen LogP contribution in [0.4, 0.5) is 4.39 Å². The molecule has 0 bridgehead atoms. The highest BCUT2D eigenvalue weighted by molar-refractivity contribution is 5.21. The van der Waals surface area contributed by atoms with Gasteiger partial charge in [-0.3, -0.25) is 0 Å². The van der Waals surface area contributed by atoms with Gasteiger partial charge in [-0.05, 0) is 56.3 Å². The lowest BCUT2D eigenvalue weighted by atomic mass is 9.78. The normalized spacial score (nSPS) is 26.8. The van der Waals surface area contributed by atoms with E-state index in [9.17, 15) is 4.39 Å². The van der Waals surface area contributed by atoms with E-state index >= 15 is 0 Å². The average Bonchev–Trinajstić information content (AvgIpc) is 2.90. The number of ether oxygens (including phenoxy) is 1. The molecule has 0 amide bonds. The first-order valence-electron chi connectivity index (χ1n) is 7.79. The second-order valence-corrected chi connectivity index (χ2v) is 6.31. The standard InChI is InChI=1S/C17H24FNO/c1-19-16(13-4-6-15(18)7-5-13)14-8-11-20-17(12-14)9-2-3-10-17/h4-7,14,16,19H,2-3,8-12H2,1H3. The number of rotatable bonds is 3. The molecule has 1 aromatic carbocycles. The Bertz CT molecular complexity index is 439. The molecule has 2 fully saturated rings. The van der Waals surface area contributed by atoms with E-state index in [4.69, 9.17) is 4.74 Å². The van der Waals surface area contributed by atoms with Crippen LogP contribution in [0.25, 0.3) is 0 Å². The van der Waals surface area contributed by atoms with E-state index in [0.717, 1.165) is 19.4 Å². The zero-order valence-electron chi connectivity index (χ0n) is 12.2. The molecule has 1 N–H and O–H groups in total. The molecule has 2 atom stereocenters. The van der Waals surface area contributed by atoms with Crippen molar-refractivity contribution in [3.8, 4) is 0 Å². The summed E-state index contributed by atoms with van der Waals surface area (Å²) in [6.07, 6.45) is 7.24. The summed E-state index contributed by atoms with van der Waals surface area (Å²) in [4.78, 5) is 0. The molecule has 1 aromatic rings. The molecule has 2 unspecified atom stereocenters. The molecule has 0 radical (unpaired) electrons. The van der Waals surface area contributed by atoms with Crippen molar-refractivity contribution >= 4 is 0 Å². The molecule has 0 aromatic heterocycles. The molecule has 1 saturated heterocycles. The van der Waals surface area contributed by atoms with Gasteiger partial charge in [0.2, 0.25) is 0 Å². The van der Waals surface area contributed by atoms with Gasteiger partial charge in [0.25, 0.3) is 0 Å². The van der Waals surface area contributed by atoms with E-state index in [-0.39, 0.29) is 11.4 Å². The molecule has 110 valence electrons.